The van der Waals surface area contributed by atoms with Crippen LogP contribution in [0.1, 0.15) is 38.7 Å². The van der Waals surface area contributed by atoms with Crippen molar-refractivity contribution < 1.29 is 14.3 Å². The van der Waals surface area contributed by atoms with Crippen molar-refractivity contribution in [3.8, 4) is 0 Å². The first-order valence-electron chi connectivity index (χ1n) is 6.65. The number of nitrogens with two attached hydrogens (primary N) is 1. The molecule has 1 aromatic carbocycles. The van der Waals surface area contributed by atoms with Gasteiger partial charge < -0.3 is 10.5 Å². The lowest BCUT2D eigenvalue weighted by Crippen LogP contribution is -2.37. The number of carbonyl (C=O) groups excluding carboxylic acids is 2. The molecule has 2 rings (SSSR count). The van der Waals surface area contributed by atoms with Crippen LogP contribution in [0.4, 0.5) is 10.5 Å². The number of benzene rings is 1. The summed E-state index contributed by atoms with van der Waals surface area (Å²) in [4.78, 5) is 25.1. The number of carbonyl (C=O) groups is 2. The van der Waals surface area contributed by atoms with Crippen molar-refractivity contribution >= 4 is 17.7 Å². The Hall–Kier alpha value is -2.04. The van der Waals surface area contributed by atoms with Crippen LogP contribution >= 0.6 is 0 Å². The zero-order chi connectivity index (χ0) is 14.9. The molecule has 1 fully saturated rings. The van der Waals surface area contributed by atoms with Gasteiger partial charge in [-0.3, -0.25) is 4.79 Å². The molecule has 0 aliphatic carbocycles. The molecule has 20 heavy (non-hydrogen) atoms. The van der Waals surface area contributed by atoms with Gasteiger partial charge in [0.15, 0.2) is 0 Å². The molecule has 0 radical (unpaired) electrons. The smallest absolute Gasteiger partial charge is 0.417 e. The van der Waals surface area contributed by atoms with E-state index in [9.17, 15) is 9.59 Å². The molecule has 1 heterocycles. The molecule has 0 saturated carbocycles. The van der Waals surface area contributed by atoms with E-state index in [1.54, 1.807) is 32.9 Å². The van der Waals surface area contributed by atoms with E-state index in [4.69, 9.17) is 10.5 Å². The van der Waals surface area contributed by atoms with E-state index in [-0.39, 0.29) is 11.8 Å². The van der Waals surface area contributed by atoms with E-state index in [1.165, 1.54) is 4.90 Å². The quantitative estimate of drug-likeness (QED) is 0.800. The third-order valence-electron chi connectivity index (χ3n) is 3.15. The number of nitrogen functional groups attached to an aromatic ring is 1. The fraction of sp³-hybridized carbons (Fsp3) is 0.467. The Morgan fingerprint density at radius 2 is 1.90 bits per heavy atom. The average Bonchev–Trinajstić information content (AvgIpc) is 2.70. The molecule has 2 N–H and O–H groups in total. The summed E-state index contributed by atoms with van der Waals surface area (Å²) >= 11 is 0. The molecular formula is C15H20N2O3. The van der Waals surface area contributed by atoms with Gasteiger partial charge in [-0.2, -0.15) is 0 Å². The predicted molar refractivity (Wildman–Crippen MR) is 76.2 cm³/mol. The molecule has 5 heteroatoms. The summed E-state index contributed by atoms with van der Waals surface area (Å²) in [6.07, 6.45) is -0.246. The zero-order valence-electron chi connectivity index (χ0n) is 12.1. The van der Waals surface area contributed by atoms with Crippen molar-refractivity contribution in [3.05, 3.63) is 29.8 Å². The topological polar surface area (TPSA) is 72.6 Å². The maximum Gasteiger partial charge on any atom is 0.417 e. The van der Waals surface area contributed by atoms with Crippen molar-refractivity contribution in [2.45, 2.75) is 38.7 Å². The molecule has 1 atom stereocenters. The van der Waals surface area contributed by atoms with Crippen LogP contribution in [0.3, 0.4) is 0 Å². The summed E-state index contributed by atoms with van der Waals surface area (Å²) in [5.74, 6) is -0.184. The number of nitrogens with zero attached hydrogens (tertiary/aromatic N) is 1. The van der Waals surface area contributed by atoms with Gasteiger partial charge in [-0.15, -0.1) is 0 Å². The van der Waals surface area contributed by atoms with Gasteiger partial charge in [0.25, 0.3) is 0 Å². The highest BCUT2D eigenvalue weighted by Gasteiger charge is 2.36. The minimum Gasteiger partial charge on any atom is -0.443 e. The van der Waals surface area contributed by atoms with Crippen LogP contribution in [0.2, 0.25) is 0 Å². The Labute approximate surface area is 118 Å². The van der Waals surface area contributed by atoms with E-state index in [2.05, 4.69) is 0 Å². The normalized spacial score (nSPS) is 19.2. The van der Waals surface area contributed by atoms with Gasteiger partial charge in [-0.1, -0.05) is 12.1 Å². The summed E-state index contributed by atoms with van der Waals surface area (Å²) in [5, 5.41) is 0. The maximum atomic E-state index is 12.0. The Bertz CT molecular complexity index is 517. The highest BCUT2D eigenvalue weighted by molar-refractivity contribution is 5.94. The third kappa shape index (κ3) is 3.29. The number of imide groups is 1. The fourth-order valence-corrected chi connectivity index (χ4v) is 2.19. The summed E-state index contributed by atoms with van der Waals surface area (Å²) in [6.45, 7) is 5.70. The lowest BCUT2D eigenvalue weighted by molar-refractivity contribution is -0.126. The van der Waals surface area contributed by atoms with Gasteiger partial charge >= 0.3 is 6.09 Å². The maximum absolute atomic E-state index is 12.0. The van der Waals surface area contributed by atoms with Crippen molar-refractivity contribution in [1.82, 2.24) is 4.90 Å². The molecule has 1 aliphatic heterocycles. The number of anilines is 1. The second kappa shape index (κ2) is 5.15. The van der Waals surface area contributed by atoms with Crippen LogP contribution in [0.5, 0.6) is 0 Å². The lowest BCUT2D eigenvalue weighted by atomic mass is 9.98. The molecule has 1 aliphatic rings. The zero-order valence-corrected chi connectivity index (χ0v) is 12.1. The molecule has 0 spiro atoms. The van der Waals surface area contributed by atoms with E-state index >= 15 is 0 Å². The highest BCUT2D eigenvalue weighted by atomic mass is 16.6. The summed E-state index contributed by atoms with van der Waals surface area (Å²) < 4.78 is 5.24. The first-order chi connectivity index (χ1) is 9.26. The predicted octanol–water partition coefficient (Wildman–Crippen LogP) is 2.52. The van der Waals surface area contributed by atoms with Crippen molar-refractivity contribution in [3.63, 3.8) is 0 Å². The molecule has 0 unspecified atom stereocenters. The monoisotopic (exact) mass is 276 g/mol. The lowest BCUT2D eigenvalue weighted by Gasteiger charge is -2.23. The van der Waals surface area contributed by atoms with Gasteiger partial charge in [-0.05, 0) is 38.5 Å². The minimum absolute atomic E-state index is 0.00983. The second-order valence-electron chi connectivity index (χ2n) is 6.05. The van der Waals surface area contributed by atoms with E-state index in [0.717, 1.165) is 5.56 Å². The van der Waals surface area contributed by atoms with Crippen LogP contribution in [0, 0.1) is 0 Å². The Morgan fingerprint density at radius 3 is 2.45 bits per heavy atom. The molecule has 1 saturated heterocycles. The van der Waals surface area contributed by atoms with Crippen molar-refractivity contribution in [1.29, 1.82) is 0 Å². The van der Waals surface area contributed by atoms with Gasteiger partial charge in [0.1, 0.15) is 5.60 Å². The molecule has 108 valence electrons. The average molecular weight is 276 g/mol. The van der Waals surface area contributed by atoms with Crippen LogP contribution in [0.15, 0.2) is 24.3 Å². The van der Waals surface area contributed by atoms with Crippen LogP contribution in [-0.2, 0) is 9.53 Å². The molecule has 2 amide bonds. The van der Waals surface area contributed by atoms with Gasteiger partial charge in [0, 0.05) is 24.6 Å². The van der Waals surface area contributed by atoms with Crippen LogP contribution in [-0.4, -0.2) is 29.0 Å². The van der Waals surface area contributed by atoms with E-state index in [1.807, 2.05) is 12.1 Å². The molecule has 0 aromatic heterocycles. The number of ether oxygens (including phenoxy) is 1. The molecule has 5 nitrogen and oxygen atoms in total. The molecule has 1 aromatic rings. The Balaban J connectivity index is 2.07. The fourth-order valence-electron chi connectivity index (χ4n) is 2.19. The van der Waals surface area contributed by atoms with Gasteiger partial charge in [-0.25, -0.2) is 9.69 Å². The molecular weight excluding hydrogens is 256 g/mol. The number of hydrogen-bond donors (Lipinski definition) is 1. The standard InChI is InChI=1S/C15H20N2O3/c1-15(2,3)20-14(19)17-9-11(8-13(17)18)10-4-6-12(16)7-5-10/h4-7,11H,8-9,16H2,1-3H3/t11-/m1/s1. The molecule has 0 bridgehead atoms. The highest BCUT2D eigenvalue weighted by Crippen LogP contribution is 2.29. The SMILES string of the molecule is CC(C)(C)OC(=O)N1C[C@H](c2ccc(N)cc2)CC1=O. The Kier molecular flexibility index (Phi) is 3.70. The first-order valence-corrected chi connectivity index (χ1v) is 6.65. The van der Waals surface area contributed by atoms with Gasteiger partial charge in [0.2, 0.25) is 5.91 Å². The van der Waals surface area contributed by atoms with Crippen molar-refractivity contribution in [2.75, 3.05) is 12.3 Å². The second-order valence-corrected chi connectivity index (χ2v) is 6.05. The van der Waals surface area contributed by atoms with Crippen molar-refractivity contribution in [2.24, 2.45) is 0 Å². The first kappa shape index (κ1) is 14.4. The largest absolute Gasteiger partial charge is 0.443 e. The summed E-state index contributed by atoms with van der Waals surface area (Å²) in [6, 6.07) is 7.39. The number of hydrogen-bond acceptors (Lipinski definition) is 4. The summed E-state index contributed by atoms with van der Waals surface area (Å²) in [5.41, 5.74) is 6.74. The van der Waals surface area contributed by atoms with E-state index < -0.39 is 11.7 Å². The Morgan fingerprint density at radius 1 is 1.30 bits per heavy atom. The third-order valence-corrected chi connectivity index (χ3v) is 3.15. The van der Waals surface area contributed by atoms with Gasteiger partial charge in [0.05, 0.1) is 0 Å². The number of likely N-dealkylation sites (tertiary alicyclic amines) is 1. The van der Waals surface area contributed by atoms with Crippen LogP contribution < -0.4 is 5.73 Å². The number of rotatable bonds is 1. The minimum atomic E-state index is -0.601. The van der Waals surface area contributed by atoms with Crippen LogP contribution in [0.25, 0.3) is 0 Å². The van der Waals surface area contributed by atoms with E-state index in [0.29, 0.717) is 18.7 Å². The summed E-state index contributed by atoms with van der Waals surface area (Å²) in [7, 11) is 0. The number of amides is 2.